The van der Waals surface area contributed by atoms with Gasteiger partial charge in [0.2, 0.25) is 5.88 Å². The zero-order valence-electron chi connectivity index (χ0n) is 11.9. The number of methoxy groups -OCH3 is 1. The molecule has 1 aromatic rings. The molecule has 0 saturated carbocycles. The number of hydrogen-bond donors (Lipinski definition) is 0. The molecule has 19 heavy (non-hydrogen) atoms. The van der Waals surface area contributed by atoms with Crippen LogP contribution in [0.15, 0.2) is 6.07 Å². The van der Waals surface area contributed by atoms with E-state index in [-0.39, 0.29) is 0 Å². The third kappa shape index (κ3) is 5.76. The largest absolute Gasteiger partial charge is 0.477 e. The quantitative estimate of drug-likeness (QED) is 0.517. The highest BCUT2D eigenvalue weighted by Crippen LogP contribution is 2.22. The monoisotopic (exact) mass is 287 g/mol. The zero-order chi connectivity index (χ0) is 14.1. The second-order valence-corrected chi connectivity index (χ2v) is 4.57. The first-order valence-corrected chi connectivity index (χ1v) is 6.95. The van der Waals surface area contributed by atoms with Crippen LogP contribution in [0, 0.1) is 13.8 Å². The average molecular weight is 288 g/mol. The molecular formula is C14H22ClNO3. The Balaban J connectivity index is 2.36. The molecule has 0 spiro atoms. The fourth-order valence-electron chi connectivity index (χ4n) is 1.69. The minimum absolute atomic E-state index is 0.415. The molecule has 1 rings (SSSR count). The van der Waals surface area contributed by atoms with E-state index < -0.39 is 0 Å². The Labute approximate surface area is 120 Å². The van der Waals surface area contributed by atoms with Gasteiger partial charge in [-0.2, -0.15) is 0 Å². The third-order valence-electron chi connectivity index (χ3n) is 2.67. The molecule has 0 aliphatic rings. The lowest BCUT2D eigenvalue weighted by Gasteiger charge is -2.12. The molecule has 0 fully saturated rings. The number of halogens is 1. The molecule has 4 nitrogen and oxygen atoms in total. The molecule has 0 aliphatic carbocycles. The highest BCUT2D eigenvalue weighted by Gasteiger charge is 2.09. The lowest BCUT2D eigenvalue weighted by atomic mass is 10.1. The molecule has 0 atom stereocenters. The van der Waals surface area contributed by atoms with Gasteiger partial charge in [-0.15, -0.1) is 11.6 Å². The molecule has 0 unspecified atom stereocenters. The van der Waals surface area contributed by atoms with Crippen molar-refractivity contribution in [1.29, 1.82) is 0 Å². The fourth-order valence-corrected chi connectivity index (χ4v) is 2.01. The van der Waals surface area contributed by atoms with Crippen molar-refractivity contribution in [1.82, 2.24) is 4.98 Å². The smallest absolute Gasteiger partial charge is 0.218 e. The summed E-state index contributed by atoms with van der Waals surface area (Å²) in [5, 5.41) is 0. The van der Waals surface area contributed by atoms with Crippen LogP contribution in [0.4, 0.5) is 0 Å². The van der Waals surface area contributed by atoms with Gasteiger partial charge in [-0.05, 0) is 25.5 Å². The Morgan fingerprint density at radius 3 is 2.63 bits per heavy atom. The lowest BCUT2D eigenvalue weighted by molar-refractivity contribution is 0.0641. The first-order valence-electron chi connectivity index (χ1n) is 6.41. The van der Waals surface area contributed by atoms with E-state index in [1.54, 1.807) is 7.11 Å². The third-order valence-corrected chi connectivity index (χ3v) is 2.94. The van der Waals surface area contributed by atoms with Gasteiger partial charge >= 0.3 is 0 Å². The van der Waals surface area contributed by atoms with Crippen LogP contribution < -0.4 is 4.74 Å². The van der Waals surface area contributed by atoms with Crippen LogP contribution in [0.3, 0.4) is 0 Å². The molecule has 0 saturated heterocycles. The number of aryl methyl sites for hydroxylation is 2. The van der Waals surface area contributed by atoms with E-state index >= 15 is 0 Å². The van der Waals surface area contributed by atoms with Gasteiger partial charge < -0.3 is 14.2 Å². The summed E-state index contributed by atoms with van der Waals surface area (Å²) < 4.78 is 15.9. The Morgan fingerprint density at radius 2 is 1.95 bits per heavy atom. The second kappa shape index (κ2) is 9.13. The van der Waals surface area contributed by atoms with Gasteiger partial charge in [0.05, 0.1) is 25.7 Å². The minimum atomic E-state index is 0.415. The highest BCUT2D eigenvalue weighted by molar-refractivity contribution is 6.17. The Hall–Kier alpha value is -0.840. The normalized spacial score (nSPS) is 10.7. The summed E-state index contributed by atoms with van der Waals surface area (Å²) in [6.07, 6.45) is 0.820. The van der Waals surface area contributed by atoms with E-state index in [9.17, 15) is 0 Å². The van der Waals surface area contributed by atoms with Crippen molar-refractivity contribution in [3.8, 4) is 5.88 Å². The van der Waals surface area contributed by atoms with E-state index in [1.165, 1.54) is 0 Å². The van der Waals surface area contributed by atoms with Crippen molar-refractivity contribution >= 4 is 11.6 Å². The molecule has 5 heteroatoms. The van der Waals surface area contributed by atoms with Crippen molar-refractivity contribution in [2.24, 2.45) is 0 Å². The van der Waals surface area contributed by atoms with E-state index in [1.807, 2.05) is 19.9 Å². The van der Waals surface area contributed by atoms with Crippen LogP contribution in [-0.2, 0) is 15.4 Å². The molecule has 1 heterocycles. The van der Waals surface area contributed by atoms with Crippen molar-refractivity contribution in [3.05, 3.63) is 22.9 Å². The topological polar surface area (TPSA) is 40.6 Å². The van der Waals surface area contributed by atoms with E-state index in [0.29, 0.717) is 38.2 Å². The number of ether oxygens (including phenoxy) is 3. The van der Waals surface area contributed by atoms with Crippen LogP contribution in [0.25, 0.3) is 0 Å². The van der Waals surface area contributed by atoms with Gasteiger partial charge in [0.1, 0.15) is 0 Å². The van der Waals surface area contributed by atoms with Gasteiger partial charge in [0.25, 0.3) is 0 Å². The Kier molecular flexibility index (Phi) is 7.79. The zero-order valence-corrected chi connectivity index (χ0v) is 12.6. The van der Waals surface area contributed by atoms with Gasteiger partial charge in [-0.1, -0.05) is 0 Å². The minimum Gasteiger partial charge on any atom is -0.477 e. The maximum atomic E-state index is 5.93. The van der Waals surface area contributed by atoms with Crippen molar-refractivity contribution < 1.29 is 14.2 Å². The first kappa shape index (κ1) is 16.2. The van der Waals surface area contributed by atoms with Crippen molar-refractivity contribution in [3.63, 3.8) is 0 Å². The number of aromatic nitrogens is 1. The van der Waals surface area contributed by atoms with Gasteiger partial charge in [0, 0.05) is 31.4 Å². The molecule has 108 valence electrons. The van der Waals surface area contributed by atoms with Crippen LogP contribution in [0.5, 0.6) is 5.88 Å². The standard InChI is InChI=1S/C14H22ClNO3/c1-11-9-12(2)16-14(13(11)10-15)19-6-4-5-18-8-7-17-3/h9H,4-8,10H2,1-3H3. The van der Waals surface area contributed by atoms with E-state index in [4.69, 9.17) is 25.8 Å². The summed E-state index contributed by atoms with van der Waals surface area (Å²) in [6, 6.07) is 2.01. The number of rotatable bonds is 9. The predicted octanol–water partition coefficient (Wildman–Crippen LogP) is 2.87. The molecular weight excluding hydrogens is 266 g/mol. The van der Waals surface area contributed by atoms with E-state index in [0.717, 1.165) is 23.2 Å². The number of hydrogen-bond acceptors (Lipinski definition) is 4. The molecule has 1 aromatic heterocycles. The lowest BCUT2D eigenvalue weighted by Crippen LogP contribution is -2.08. The first-order chi connectivity index (χ1) is 9.19. The molecule has 0 aliphatic heterocycles. The summed E-state index contributed by atoms with van der Waals surface area (Å²) in [6.45, 7) is 6.44. The van der Waals surface area contributed by atoms with E-state index in [2.05, 4.69) is 4.98 Å². The van der Waals surface area contributed by atoms with Crippen molar-refractivity contribution in [2.45, 2.75) is 26.1 Å². The maximum absolute atomic E-state index is 5.93. The SMILES string of the molecule is COCCOCCCOc1nc(C)cc(C)c1CCl. The molecule has 0 radical (unpaired) electrons. The molecule has 0 bridgehead atoms. The summed E-state index contributed by atoms with van der Waals surface area (Å²) in [5.74, 6) is 1.06. The van der Waals surface area contributed by atoms with Crippen LogP contribution in [0.2, 0.25) is 0 Å². The van der Waals surface area contributed by atoms with Crippen LogP contribution in [-0.4, -0.2) is 38.5 Å². The van der Waals surface area contributed by atoms with Gasteiger partial charge in [-0.25, -0.2) is 4.98 Å². The second-order valence-electron chi connectivity index (χ2n) is 4.31. The summed E-state index contributed by atoms with van der Waals surface area (Å²) in [4.78, 5) is 4.38. The summed E-state index contributed by atoms with van der Waals surface area (Å²) in [5.41, 5.74) is 3.03. The van der Waals surface area contributed by atoms with Gasteiger partial charge in [-0.3, -0.25) is 0 Å². The number of nitrogens with zero attached hydrogens (tertiary/aromatic N) is 1. The molecule has 0 amide bonds. The fraction of sp³-hybridized carbons (Fsp3) is 0.643. The van der Waals surface area contributed by atoms with Crippen molar-refractivity contribution in [2.75, 3.05) is 33.5 Å². The summed E-state index contributed by atoms with van der Waals surface area (Å²) >= 11 is 5.93. The Morgan fingerprint density at radius 1 is 1.16 bits per heavy atom. The van der Waals surface area contributed by atoms with Crippen LogP contribution >= 0.6 is 11.6 Å². The Bertz CT molecular complexity index is 385. The number of pyridine rings is 1. The molecule has 0 aromatic carbocycles. The van der Waals surface area contributed by atoms with Crippen LogP contribution in [0.1, 0.15) is 23.2 Å². The summed E-state index contributed by atoms with van der Waals surface area (Å²) in [7, 11) is 1.66. The maximum Gasteiger partial charge on any atom is 0.218 e. The van der Waals surface area contributed by atoms with Gasteiger partial charge in [0.15, 0.2) is 0 Å². The average Bonchev–Trinajstić information content (AvgIpc) is 2.37. The predicted molar refractivity (Wildman–Crippen MR) is 76.1 cm³/mol. The molecule has 0 N–H and O–H groups in total. The highest BCUT2D eigenvalue weighted by atomic mass is 35.5. The number of alkyl halides is 1.